The van der Waals surface area contributed by atoms with E-state index in [0.29, 0.717) is 68.1 Å². The van der Waals surface area contributed by atoms with Crippen molar-refractivity contribution in [1.82, 2.24) is 19.5 Å². The average Bonchev–Trinajstić information content (AvgIpc) is 3.24. The largest absolute Gasteiger partial charge is 0.481 e. The van der Waals surface area contributed by atoms with Crippen LogP contribution in [0.15, 0.2) is 18.3 Å². The summed E-state index contributed by atoms with van der Waals surface area (Å²) in [5, 5.41) is 16.0. The third kappa shape index (κ3) is 4.89. The molecule has 3 aromatic rings. The zero-order chi connectivity index (χ0) is 27.0. The van der Waals surface area contributed by atoms with E-state index >= 15 is 0 Å². The number of carbonyl (C=O) groups is 1. The topological polar surface area (TPSA) is 114 Å². The summed E-state index contributed by atoms with van der Waals surface area (Å²) in [7, 11) is 0. The van der Waals surface area contributed by atoms with Gasteiger partial charge in [0.1, 0.15) is 17.0 Å². The Kier molecular flexibility index (Phi) is 7.17. The fourth-order valence-corrected chi connectivity index (χ4v) is 5.70. The smallest absolute Gasteiger partial charge is 0.309 e. The highest BCUT2D eigenvalue weighted by Gasteiger charge is 2.45. The molecule has 1 aliphatic heterocycles. The highest BCUT2D eigenvalue weighted by Crippen LogP contribution is 2.48. The number of fused-ring (bicyclic) bond motifs is 1. The first kappa shape index (κ1) is 26.2. The van der Waals surface area contributed by atoms with Crippen molar-refractivity contribution in [3.8, 4) is 0 Å². The van der Waals surface area contributed by atoms with E-state index in [-0.39, 0.29) is 23.9 Å². The molecule has 1 aromatic carbocycles. The van der Waals surface area contributed by atoms with Gasteiger partial charge in [-0.05, 0) is 44.9 Å². The molecule has 204 valence electrons. The molecule has 3 atom stereocenters. The van der Waals surface area contributed by atoms with Gasteiger partial charge in [-0.3, -0.25) is 9.36 Å². The molecule has 0 radical (unpaired) electrons. The van der Waals surface area contributed by atoms with Crippen LogP contribution in [0.5, 0.6) is 0 Å². The summed E-state index contributed by atoms with van der Waals surface area (Å²) in [6.45, 7) is 5.01. The number of ether oxygens (including phenoxy) is 1. The summed E-state index contributed by atoms with van der Waals surface area (Å²) in [5.41, 5.74) is -0.546. The SMILES string of the molecule is CCC1C[C@@H](n2c(Nc3c(F)cc(F)cc3F)nc3cnc(NC4CCOCC4)nc32)CC[C@]1(C)C(=O)O. The molecular formula is C26H31F3N6O3. The number of anilines is 3. The number of imidazole rings is 1. The quantitative estimate of drug-likeness (QED) is 0.370. The Morgan fingerprint density at radius 2 is 1.89 bits per heavy atom. The maximum absolute atomic E-state index is 14.6. The molecular weight excluding hydrogens is 501 g/mol. The molecule has 3 heterocycles. The normalized spacial score (nSPS) is 24.4. The van der Waals surface area contributed by atoms with Gasteiger partial charge in [-0.1, -0.05) is 13.3 Å². The number of aromatic nitrogens is 4. The molecule has 1 aliphatic carbocycles. The van der Waals surface area contributed by atoms with E-state index < -0.39 is 34.5 Å². The molecule has 1 unspecified atom stereocenters. The minimum atomic E-state index is -1.09. The zero-order valence-corrected chi connectivity index (χ0v) is 21.3. The molecule has 38 heavy (non-hydrogen) atoms. The zero-order valence-electron chi connectivity index (χ0n) is 21.3. The van der Waals surface area contributed by atoms with Gasteiger partial charge in [0, 0.05) is 37.4 Å². The molecule has 2 aromatic heterocycles. The lowest BCUT2D eigenvalue weighted by atomic mass is 9.65. The van der Waals surface area contributed by atoms with Crippen LogP contribution >= 0.6 is 0 Å². The Labute approximate surface area is 217 Å². The van der Waals surface area contributed by atoms with Crippen LogP contribution in [0.4, 0.5) is 30.8 Å². The first-order chi connectivity index (χ1) is 18.2. The van der Waals surface area contributed by atoms with E-state index in [9.17, 15) is 23.1 Å². The molecule has 1 saturated heterocycles. The molecule has 9 nitrogen and oxygen atoms in total. The number of rotatable bonds is 7. The first-order valence-corrected chi connectivity index (χ1v) is 12.9. The van der Waals surface area contributed by atoms with Gasteiger partial charge in [0.25, 0.3) is 0 Å². The predicted octanol–water partition coefficient (Wildman–Crippen LogP) is 5.42. The van der Waals surface area contributed by atoms with Crippen LogP contribution in [0.25, 0.3) is 11.2 Å². The van der Waals surface area contributed by atoms with Crippen molar-refractivity contribution in [2.24, 2.45) is 11.3 Å². The summed E-state index contributed by atoms with van der Waals surface area (Å²) in [4.78, 5) is 25.8. The van der Waals surface area contributed by atoms with E-state index in [1.54, 1.807) is 17.7 Å². The van der Waals surface area contributed by atoms with Crippen LogP contribution < -0.4 is 10.6 Å². The van der Waals surface area contributed by atoms with Crippen LogP contribution in [0.2, 0.25) is 0 Å². The standard InChI is InChI=1S/C26H31F3N6O3/c1-3-14-10-17(4-7-26(14,2)23(36)37)35-22-20(13-30-24(34-22)31-16-5-8-38-9-6-16)32-25(35)33-21-18(28)11-15(27)12-19(21)29/h11-14,16-17H,3-10H2,1-2H3,(H,32,33)(H,36,37)(H,30,31,34)/t14?,17-,26-/m0/s1. The number of carboxylic acids is 1. The van der Waals surface area contributed by atoms with Gasteiger partial charge in [-0.2, -0.15) is 4.98 Å². The van der Waals surface area contributed by atoms with Crippen molar-refractivity contribution in [2.75, 3.05) is 23.8 Å². The lowest BCUT2D eigenvalue weighted by Gasteiger charge is -2.41. The summed E-state index contributed by atoms with van der Waals surface area (Å²) < 4.78 is 49.9. The highest BCUT2D eigenvalue weighted by atomic mass is 19.1. The summed E-state index contributed by atoms with van der Waals surface area (Å²) in [5.74, 6) is -3.66. The minimum absolute atomic E-state index is 0.126. The highest BCUT2D eigenvalue weighted by molar-refractivity contribution is 5.77. The second-order valence-electron chi connectivity index (χ2n) is 10.4. The average molecular weight is 533 g/mol. The molecule has 2 fully saturated rings. The Morgan fingerprint density at radius 3 is 2.55 bits per heavy atom. The molecule has 2 aliphatic rings. The van der Waals surface area contributed by atoms with Crippen LogP contribution in [0, 0.1) is 28.8 Å². The fourth-order valence-electron chi connectivity index (χ4n) is 5.70. The Bertz CT molecular complexity index is 1320. The Balaban J connectivity index is 1.56. The van der Waals surface area contributed by atoms with Crippen LogP contribution in [-0.4, -0.2) is 49.9 Å². The lowest BCUT2D eigenvalue weighted by Crippen LogP contribution is -2.41. The number of halogens is 3. The molecule has 12 heteroatoms. The van der Waals surface area contributed by atoms with Gasteiger partial charge in [-0.25, -0.2) is 23.1 Å². The van der Waals surface area contributed by atoms with Gasteiger partial charge in [0.05, 0.1) is 11.6 Å². The second kappa shape index (κ2) is 10.4. The number of aliphatic carboxylic acids is 1. The Hall–Kier alpha value is -3.41. The maximum Gasteiger partial charge on any atom is 0.309 e. The van der Waals surface area contributed by atoms with E-state index in [1.807, 2.05) is 6.92 Å². The predicted molar refractivity (Wildman–Crippen MR) is 135 cm³/mol. The summed E-state index contributed by atoms with van der Waals surface area (Å²) >= 11 is 0. The van der Waals surface area contributed by atoms with Crippen molar-refractivity contribution in [3.05, 3.63) is 35.8 Å². The molecule has 0 amide bonds. The van der Waals surface area contributed by atoms with E-state index in [2.05, 4.69) is 20.6 Å². The maximum atomic E-state index is 14.6. The molecule has 0 spiro atoms. The van der Waals surface area contributed by atoms with E-state index in [0.717, 1.165) is 12.8 Å². The van der Waals surface area contributed by atoms with Crippen LogP contribution in [0.3, 0.4) is 0 Å². The van der Waals surface area contributed by atoms with Crippen molar-refractivity contribution in [2.45, 2.75) is 64.5 Å². The van der Waals surface area contributed by atoms with E-state index in [1.165, 1.54) is 0 Å². The number of hydrogen-bond donors (Lipinski definition) is 3. The first-order valence-electron chi connectivity index (χ1n) is 12.9. The number of nitrogens with one attached hydrogen (secondary N) is 2. The molecule has 5 rings (SSSR count). The number of hydrogen-bond acceptors (Lipinski definition) is 7. The number of benzene rings is 1. The van der Waals surface area contributed by atoms with Crippen molar-refractivity contribution in [1.29, 1.82) is 0 Å². The van der Waals surface area contributed by atoms with Crippen molar-refractivity contribution in [3.63, 3.8) is 0 Å². The Morgan fingerprint density at radius 1 is 1.18 bits per heavy atom. The molecule has 0 bridgehead atoms. The lowest BCUT2D eigenvalue weighted by molar-refractivity contribution is -0.154. The van der Waals surface area contributed by atoms with Gasteiger partial charge in [0.15, 0.2) is 17.3 Å². The number of nitrogens with zero attached hydrogens (tertiary/aromatic N) is 4. The van der Waals surface area contributed by atoms with Crippen molar-refractivity contribution >= 4 is 34.7 Å². The van der Waals surface area contributed by atoms with Gasteiger partial charge in [0.2, 0.25) is 11.9 Å². The van der Waals surface area contributed by atoms with E-state index in [4.69, 9.17) is 9.72 Å². The second-order valence-corrected chi connectivity index (χ2v) is 10.4. The van der Waals surface area contributed by atoms with Gasteiger partial charge in [-0.15, -0.1) is 0 Å². The van der Waals surface area contributed by atoms with Gasteiger partial charge < -0.3 is 20.5 Å². The fraction of sp³-hybridized carbons (Fsp3) is 0.538. The molecule has 3 N–H and O–H groups in total. The molecule has 1 saturated carbocycles. The summed E-state index contributed by atoms with van der Waals surface area (Å²) in [6, 6.07) is 1.10. The summed E-state index contributed by atoms with van der Waals surface area (Å²) in [6.07, 6.45) is 5.26. The number of carboxylic acid groups (broad SMARTS) is 1. The van der Waals surface area contributed by atoms with Gasteiger partial charge >= 0.3 is 5.97 Å². The third-order valence-electron chi connectivity index (χ3n) is 8.03. The van der Waals surface area contributed by atoms with Crippen molar-refractivity contribution < 1.29 is 27.8 Å². The van der Waals surface area contributed by atoms with Crippen LogP contribution in [-0.2, 0) is 9.53 Å². The third-order valence-corrected chi connectivity index (χ3v) is 8.03. The monoisotopic (exact) mass is 532 g/mol. The van der Waals surface area contributed by atoms with Crippen LogP contribution in [0.1, 0.15) is 58.4 Å². The minimum Gasteiger partial charge on any atom is -0.481 e.